The Morgan fingerprint density at radius 2 is 1.62 bits per heavy atom. The van der Waals surface area contributed by atoms with Crippen LogP contribution in [-0.4, -0.2) is 26.8 Å². The van der Waals surface area contributed by atoms with Crippen molar-refractivity contribution in [2.75, 3.05) is 0 Å². The third kappa shape index (κ3) is 4.32. The predicted octanol–water partition coefficient (Wildman–Crippen LogP) is 1.96. The Balaban J connectivity index is 1.55. The number of nitrogens with one attached hydrogen (secondary N) is 2. The van der Waals surface area contributed by atoms with E-state index in [1.165, 1.54) is 6.20 Å². The van der Waals surface area contributed by atoms with Crippen molar-refractivity contribution in [2.45, 2.75) is 19.9 Å². The first kappa shape index (κ1) is 17.3. The van der Waals surface area contributed by atoms with Crippen molar-refractivity contribution in [3.8, 4) is 0 Å². The molecule has 0 spiro atoms. The summed E-state index contributed by atoms with van der Waals surface area (Å²) in [6, 6.07) is 16.9. The van der Waals surface area contributed by atoms with Gasteiger partial charge in [0.2, 0.25) is 0 Å². The Morgan fingerprint density at radius 1 is 0.923 bits per heavy atom. The minimum absolute atomic E-state index is 0.127. The Morgan fingerprint density at radius 3 is 2.31 bits per heavy atom. The van der Waals surface area contributed by atoms with Gasteiger partial charge in [-0.05, 0) is 29.7 Å². The van der Waals surface area contributed by atoms with E-state index in [-0.39, 0.29) is 5.69 Å². The number of carbonyl (C=O) groups is 2. The van der Waals surface area contributed by atoms with E-state index in [0.29, 0.717) is 12.1 Å². The van der Waals surface area contributed by atoms with Gasteiger partial charge < -0.3 is 0 Å². The second-order valence-electron chi connectivity index (χ2n) is 5.75. The molecule has 26 heavy (non-hydrogen) atoms. The predicted molar refractivity (Wildman–Crippen MR) is 96.3 cm³/mol. The van der Waals surface area contributed by atoms with Crippen LogP contribution in [0.15, 0.2) is 60.8 Å². The monoisotopic (exact) mass is 349 g/mol. The van der Waals surface area contributed by atoms with Gasteiger partial charge >= 0.3 is 0 Å². The van der Waals surface area contributed by atoms with E-state index in [2.05, 4.69) is 21.2 Å². The number of aromatic nitrogens is 3. The molecule has 2 N–H and O–H groups in total. The highest BCUT2D eigenvalue weighted by molar-refractivity contribution is 5.98. The van der Waals surface area contributed by atoms with Gasteiger partial charge in [0.15, 0.2) is 5.69 Å². The summed E-state index contributed by atoms with van der Waals surface area (Å²) < 4.78 is 1.57. The average Bonchev–Trinajstić information content (AvgIpc) is 3.15. The molecule has 7 nitrogen and oxygen atoms in total. The molecule has 0 aliphatic rings. The van der Waals surface area contributed by atoms with Crippen molar-refractivity contribution in [2.24, 2.45) is 0 Å². The number of hydrogen-bond donors (Lipinski definition) is 2. The molecule has 0 fully saturated rings. The van der Waals surface area contributed by atoms with E-state index >= 15 is 0 Å². The summed E-state index contributed by atoms with van der Waals surface area (Å²) in [6.07, 6.45) is 2.43. The van der Waals surface area contributed by atoms with E-state index in [1.807, 2.05) is 49.4 Å². The summed E-state index contributed by atoms with van der Waals surface area (Å²) in [7, 11) is 0. The van der Waals surface area contributed by atoms with Gasteiger partial charge in [0, 0.05) is 5.56 Å². The molecule has 3 rings (SSSR count). The molecule has 0 aliphatic heterocycles. The number of rotatable bonds is 5. The van der Waals surface area contributed by atoms with Crippen LogP contribution in [0.4, 0.5) is 0 Å². The lowest BCUT2D eigenvalue weighted by molar-refractivity contribution is 0.0844. The second-order valence-corrected chi connectivity index (χ2v) is 5.75. The van der Waals surface area contributed by atoms with Gasteiger partial charge in [-0.15, -0.1) is 5.10 Å². The third-order valence-electron chi connectivity index (χ3n) is 3.87. The minimum atomic E-state index is -0.525. The van der Waals surface area contributed by atoms with E-state index < -0.39 is 11.8 Å². The molecule has 0 radical (unpaired) electrons. The number of hydrogen-bond acceptors (Lipinski definition) is 4. The van der Waals surface area contributed by atoms with Crippen LogP contribution in [0.25, 0.3) is 0 Å². The maximum atomic E-state index is 12.1. The summed E-state index contributed by atoms with van der Waals surface area (Å²) in [4.78, 5) is 24.2. The minimum Gasteiger partial charge on any atom is -0.267 e. The SMILES string of the molecule is CCc1ccc(C(=O)NNC(=O)c2cn(Cc3ccccc3)nn2)cc1. The van der Waals surface area contributed by atoms with Gasteiger partial charge in [0.25, 0.3) is 11.8 Å². The number of benzene rings is 2. The Kier molecular flexibility index (Phi) is 5.38. The summed E-state index contributed by atoms with van der Waals surface area (Å²) in [5.74, 6) is -0.916. The number of hydrazine groups is 1. The first-order valence-corrected chi connectivity index (χ1v) is 8.29. The number of amides is 2. The van der Waals surface area contributed by atoms with Crippen LogP contribution in [0.1, 0.15) is 38.9 Å². The van der Waals surface area contributed by atoms with Crippen molar-refractivity contribution < 1.29 is 9.59 Å². The maximum Gasteiger partial charge on any atom is 0.291 e. The molecule has 0 bridgehead atoms. The molecule has 0 aliphatic carbocycles. The fourth-order valence-corrected chi connectivity index (χ4v) is 2.39. The van der Waals surface area contributed by atoms with Gasteiger partial charge in [-0.1, -0.05) is 54.6 Å². The van der Waals surface area contributed by atoms with Crippen LogP contribution >= 0.6 is 0 Å². The van der Waals surface area contributed by atoms with Crippen molar-refractivity contribution in [3.63, 3.8) is 0 Å². The maximum absolute atomic E-state index is 12.1. The molecule has 0 unspecified atom stereocenters. The molecule has 1 aromatic heterocycles. The summed E-state index contributed by atoms with van der Waals surface area (Å²) >= 11 is 0. The molecule has 3 aromatic rings. The standard InChI is InChI=1S/C19H19N5O2/c1-2-14-8-10-16(11-9-14)18(25)21-22-19(26)17-13-24(23-20-17)12-15-6-4-3-5-7-15/h3-11,13H,2,12H2,1H3,(H,21,25)(H,22,26). The highest BCUT2D eigenvalue weighted by Gasteiger charge is 2.13. The fourth-order valence-electron chi connectivity index (χ4n) is 2.39. The average molecular weight is 349 g/mol. The zero-order chi connectivity index (χ0) is 18.4. The molecule has 0 atom stereocenters. The van der Waals surface area contributed by atoms with Gasteiger partial charge in [-0.3, -0.25) is 20.4 Å². The molecule has 7 heteroatoms. The van der Waals surface area contributed by atoms with E-state index in [9.17, 15) is 9.59 Å². The molecule has 1 heterocycles. The van der Waals surface area contributed by atoms with Crippen LogP contribution in [0.2, 0.25) is 0 Å². The van der Waals surface area contributed by atoms with Crippen LogP contribution in [0.5, 0.6) is 0 Å². The van der Waals surface area contributed by atoms with Crippen LogP contribution in [-0.2, 0) is 13.0 Å². The number of nitrogens with zero attached hydrogens (tertiary/aromatic N) is 3. The Bertz CT molecular complexity index is 888. The lowest BCUT2D eigenvalue weighted by Crippen LogP contribution is -2.41. The Hall–Kier alpha value is -3.48. The normalized spacial score (nSPS) is 10.3. The number of aryl methyl sites for hydroxylation is 1. The van der Waals surface area contributed by atoms with E-state index in [1.54, 1.807) is 16.8 Å². The second kappa shape index (κ2) is 8.06. The van der Waals surface area contributed by atoms with Crippen molar-refractivity contribution >= 4 is 11.8 Å². The van der Waals surface area contributed by atoms with Gasteiger partial charge in [0.1, 0.15) is 0 Å². The molecular weight excluding hydrogens is 330 g/mol. The zero-order valence-electron chi connectivity index (χ0n) is 14.3. The van der Waals surface area contributed by atoms with Crippen LogP contribution < -0.4 is 10.9 Å². The topological polar surface area (TPSA) is 88.9 Å². The van der Waals surface area contributed by atoms with Gasteiger partial charge in [0.05, 0.1) is 12.7 Å². The number of carbonyl (C=O) groups excluding carboxylic acids is 2. The first-order chi connectivity index (χ1) is 12.7. The highest BCUT2D eigenvalue weighted by Crippen LogP contribution is 2.05. The van der Waals surface area contributed by atoms with Crippen molar-refractivity contribution in [1.29, 1.82) is 0 Å². The Labute approximate surface area is 151 Å². The molecule has 0 saturated carbocycles. The van der Waals surface area contributed by atoms with E-state index in [4.69, 9.17) is 0 Å². The van der Waals surface area contributed by atoms with Crippen LogP contribution in [0, 0.1) is 0 Å². The van der Waals surface area contributed by atoms with Crippen LogP contribution in [0.3, 0.4) is 0 Å². The third-order valence-corrected chi connectivity index (χ3v) is 3.87. The molecule has 132 valence electrons. The van der Waals surface area contributed by atoms with Crippen molar-refractivity contribution in [1.82, 2.24) is 25.8 Å². The molecular formula is C19H19N5O2. The molecule has 0 saturated heterocycles. The lowest BCUT2D eigenvalue weighted by Gasteiger charge is -2.06. The molecule has 2 amide bonds. The van der Waals surface area contributed by atoms with Gasteiger partial charge in [-0.25, -0.2) is 4.68 Å². The lowest BCUT2D eigenvalue weighted by atomic mass is 10.1. The summed E-state index contributed by atoms with van der Waals surface area (Å²) in [5, 5.41) is 7.77. The zero-order valence-corrected chi connectivity index (χ0v) is 14.3. The smallest absolute Gasteiger partial charge is 0.267 e. The summed E-state index contributed by atoms with van der Waals surface area (Å²) in [5.41, 5.74) is 7.51. The first-order valence-electron chi connectivity index (χ1n) is 8.29. The van der Waals surface area contributed by atoms with Gasteiger partial charge in [-0.2, -0.15) is 0 Å². The molecule has 2 aromatic carbocycles. The summed E-state index contributed by atoms with van der Waals surface area (Å²) in [6.45, 7) is 2.55. The quantitative estimate of drug-likeness (QED) is 0.689. The van der Waals surface area contributed by atoms with Crippen molar-refractivity contribution in [3.05, 3.63) is 83.2 Å². The largest absolute Gasteiger partial charge is 0.291 e. The fraction of sp³-hybridized carbons (Fsp3) is 0.158. The highest BCUT2D eigenvalue weighted by atomic mass is 16.2. The van der Waals surface area contributed by atoms with E-state index in [0.717, 1.165) is 17.5 Å².